The van der Waals surface area contributed by atoms with E-state index in [0.29, 0.717) is 12.0 Å². The first kappa shape index (κ1) is 16.0. The molecule has 0 saturated heterocycles. The van der Waals surface area contributed by atoms with Crippen LogP contribution in [0.15, 0.2) is 18.3 Å². The van der Waals surface area contributed by atoms with Gasteiger partial charge in [-0.3, -0.25) is 0 Å². The van der Waals surface area contributed by atoms with Gasteiger partial charge in [0.25, 0.3) is 0 Å². The van der Waals surface area contributed by atoms with E-state index >= 15 is 0 Å². The van der Waals surface area contributed by atoms with Crippen LogP contribution in [-0.4, -0.2) is 21.1 Å². The third-order valence-electron chi connectivity index (χ3n) is 4.09. The summed E-state index contributed by atoms with van der Waals surface area (Å²) in [5.74, 6) is 1.88. The summed E-state index contributed by atoms with van der Waals surface area (Å²) in [6, 6.07) is 4.39. The normalized spacial score (nSPS) is 13.2. The van der Waals surface area contributed by atoms with Crippen molar-refractivity contribution in [3.05, 3.63) is 24.2 Å². The van der Waals surface area contributed by atoms with Crippen molar-refractivity contribution in [1.82, 2.24) is 14.5 Å². The molecular weight excluding hydrogens is 260 g/mol. The van der Waals surface area contributed by atoms with Crippen molar-refractivity contribution >= 4 is 11.2 Å². The summed E-state index contributed by atoms with van der Waals surface area (Å²) in [6.07, 6.45) is 7.64. The van der Waals surface area contributed by atoms with Gasteiger partial charge in [-0.05, 0) is 51.3 Å². The molecule has 1 unspecified atom stereocenters. The first-order valence-corrected chi connectivity index (χ1v) is 8.19. The summed E-state index contributed by atoms with van der Waals surface area (Å²) >= 11 is 0. The highest BCUT2D eigenvalue weighted by molar-refractivity contribution is 5.71. The van der Waals surface area contributed by atoms with Crippen molar-refractivity contribution in [2.75, 3.05) is 6.54 Å². The molecule has 2 aromatic rings. The van der Waals surface area contributed by atoms with E-state index in [-0.39, 0.29) is 0 Å². The van der Waals surface area contributed by atoms with Gasteiger partial charge in [0.05, 0.1) is 0 Å². The summed E-state index contributed by atoms with van der Waals surface area (Å²) in [5.41, 5.74) is 7.75. The van der Waals surface area contributed by atoms with Crippen LogP contribution in [0.2, 0.25) is 0 Å². The summed E-state index contributed by atoms with van der Waals surface area (Å²) < 4.78 is 2.28. The van der Waals surface area contributed by atoms with Gasteiger partial charge in [-0.15, -0.1) is 0 Å². The van der Waals surface area contributed by atoms with Crippen LogP contribution in [0.5, 0.6) is 0 Å². The molecule has 0 radical (unpaired) electrons. The minimum Gasteiger partial charge on any atom is -0.330 e. The summed E-state index contributed by atoms with van der Waals surface area (Å²) in [4.78, 5) is 9.30. The molecule has 0 aliphatic carbocycles. The molecular formula is C17H28N4. The Morgan fingerprint density at radius 1 is 1.24 bits per heavy atom. The predicted octanol–water partition coefficient (Wildman–Crippen LogP) is 3.71. The number of hydrogen-bond acceptors (Lipinski definition) is 3. The molecule has 0 bridgehead atoms. The second kappa shape index (κ2) is 7.55. The van der Waals surface area contributed by atoms with Gasteiger partial charge in [0.2, 0.25) is 0 Å². The maximum absolute atomic E-state index is 5.74. The van der Waals surface area contributed by atoms with E-state index in [1.54, 1.807) is 0 Å². The molecule has 0 aliphatic heterocycles. The van der Waals surface area contributed by atoms with Crippen LogP contribution in [0, 0.1) is 5.92 Å². The molecule has 2 heterocycles. The van der Waals surface area contributed by atoms with Crippen LogP contribution in [0.1, 0.15) is 58.3 Å². The van der Waals surface area contributed by atoms with E-state index in [1.165, 1.54) is 19.3 Å². The van der Waals surface area contributed by atoms with Crippen molar-refractivity contribution < 1.29 is 0 Å². The molecule has 4 nitrogen and oxygen atoms in total. The number of imidazole rings is 1. The van der Waals surface area contributed by atoms with Crippen LogP contribution in [0.3, 0.4) is 0 Å². The Bertz CT molecular complexity index is 553. The average Bonchev–Trinajstić information content (AvgIpc) is 2.83. The first-order valence-electron chi connectivity index (χ1n) is 8.19. The zero-order chi connectivity index (χ0) is 15.2. The quantitative estimate of drug-likeness (QED) is 0.805. The zero-order valence-electron chi connectivity index (χ0n) is 13.5. The summed E-state index contributed by atoms with van der Waals surface area (Å²) in [7, 11) is 0. The number of nitrogens with two attached hydrogens (primary N) is 1. The third kappa shape index (κ3) is 3.82. The van der Waals surface area contributed by atoms with E-state index in [1.807, 2.05) is 18.3 Å². The van der Waals surface area contributed by atoms with Crippen LogP contribution >= 0.6 is 0 Å². The van der Waals surface area contributed by atoms with Crippen molar-refractivity contribution in [3.8, 4) is 0 Å². The fourth-order valence-corrected chi connectivity index (χ4v) is 3.11. The van der Waals surface area contributed by atoms with E-state index < -0.39 is 0 Å². The van der Waals surface area contributed by atoms with Gasteiger partial charge in [0.1, 0.15) is 11.3 Å². The molecule has 0 aliphatic rings. The Hall–Kier alpha value is -1.42. The smallest absolute Gasteiger partial charge is 0.160 e. The van der Waals surface area contributed by atoms with Crippen LogP contribution < -0.4 is 5.73 Å². The maximum Gasteiger partial charge on any atom is 0.160 e. The van der Waals surface area contributed by atoms with E-state index in [2.05, 4.69) is 30.3 Å². The number of pyridine rings is 1. The average molecular weight is 288 g/mol. The Kier molecular flexibility index (Phi) is 5.74. The fourth-order valence-electron chi connectivity index (χ4n) is 3.11. The van der Waals surface area contributed by atoms with Crippen LogP contribution in [-0.2, 0) is 6.42 Å². The Morgan fingerprint density at radius 3 is 2.71 bits per heavy atom. The topological polar surface area (TPSA) is 56.7 Å². The van der Waals surface area contributed by atoms with E-state index in [4.69, 9.17) is 10.7 Å². The molecule has 4 heteroatoms. The second-order valence-corrected chi connectivity index (χ2v) is 6.11. The van der Waals surface area contributed by atoms with E-state index in [9.17, 15) is 0 Å². The summed E-state index contributed by atoms with van der Waals surface area (Å²) in [6.45, 7) is 7.43. The highest BCUT2D eigenvalue weighted by atomic mass is 15.1. The maximum atomic E-state index is 5.74. The van der Waals surface area contributed by atoms with Gasteiger partial charge in [0, 0.05) is 18.7 Å². The van der Waals surface area contributed by atoms with E-state index in [0.717, 1.165) is 36.4 Å². The lowest BCUT2D eigenvalue weighted by Crippen LogP contribution is -2.12. The highest BCUT2D eigenvalue weighted by Gasteiger charge is 2.15. The number of nitrogens with zero attached hydrogens (tertiary/aromatic N) is 3. The van der Waals surface area contributed by atoms with Gasteiger partial charge in [-0.1, -0.05) is 19.8 Å². The molecule has 21 heavy (non-hydrogen) atoms. The number of rotatable bonds is 8. The van der Waals surface area contributed by atoms with Crippen molar-refractivity contribution in [2.24, 2.45) is 11.7 Å². The molecule has 0 aromatic carbocycles. The number of aromatic nitrogens is 3. The Morgan fingerprint density at radius 2 is 2.05 bits per heavy atom. The first-order chi connectivity index (χ1) is 10.2. The highest BCUT2D eigenvalue weighted by Crippen LogP contribution is 2.23. The zero-order valence-corrected chi connectivity index (χ0v) is 13.5. The summed E-state index contributed by atoms with van der Waals surface area (Å²) in [5, 5.41) is 0. The molecule has 0 saturated carbocycles. The molecule has 0 fully saturated rings. The van der Waals surface area contributed by atoms with Crippen molar-refractivity contribution in [1.29, 1.82) is 0 Å². The lowest BCUT2D eigenvalue weighted by atomic mass is 9.94. The molecule has 0 amide bonds. The van der Waals surface area contributed by atoms with Crippen molar-refractivity contribution in [2.45, 2.75) is 58.9 Å². The minimum absolute atomic E-state index is 0.388. The Labute approximate surface area is 127 Å². The SMILES string of the molecule is CCCC(CCN)CCc1nc2cccnc2n1C(C)C. The standard InChI is InChI=1S/C17H28N4/c1-4-6-14(10-11-18)8-9-16-20-15-7-5-12-19-17(15)21(16)13(2)3/h5,7,12-14H,4,6,8-11,18H2,1-3H3. The lowest BCUT2D eigenvalue weighted by molar-refractivity contribution is 0.412. The molecule has 2 aromatic heterocycles. The van der Waals surface area contributed by atoms with Crippen molar-refractivity contribution in [3.63, 3.8) is 0 Å². The molecule has 2 rings (SSSR count). The predicted molar refractivity (Wildman–Crippen MR) is 88.3 cm³/mol. The number of hydrogen-bond donors (Lipinski definition) is 1. The van der Waals surface area contributed by atoms with Gasteiger partial charge >= 0.3 is 0 Å². The van der Waals surface area contributed by atoms with Crippen LogP contribution in [0.25, 0.3) is 11.2 Å². The Balaban J connectivity index is 2.19. The van der Waals surface area contributed by atoms with Crippen LogP contribution in [0.4, 0.5) is 0 Å². The second-order valence-electron chi connectivity index (χ2n) is 6.11. The molecule has 1 atom stereocenters. The fraction of sp³-hybridized carbons (Fsp3) is 0.647. The number of fused-ring (bicyclic) bond motifs is 1. The molecule has 0 spiro atoms. The number of aryl methyl sites for hydroxylation is 1. The molecule has 2 N–H and O–H groups in total. The van der Waals surface area contributed by atoms with Gasteiger partial charge in [-0.25, -0.2) is 9.97 Å². The molecule has 116 valence electrons. The largest absolute Gasteiger partial charge is 0.330 e. The van der Waals surface area contributed by atoms with Gasteiger partial charge in [0.15, 0.2) is 5.65 Å². The van der Waals surface area contributed by atoms with Gasteiger partial charge in [-0.2, -0.15) is 0 Å². The third-order valence-corrected chi connectivity index (χ3v) is 4.09. The minimum atomic E-state index is 0.388. The lowest BCUT2D eigenvalue weighted by Gasteiger charge is -2.16. The monoisotopic (exact) mass is 288 g/mol. The van der Waals surface area contributed by atoms with Gasteiger partial charge < -0.3 is 10.3 Å².